The maximum atomic E-state index is 11.9. The number of hydrogen-bond donors (Lipinski definition) is 2. The Hall–Kier alpha value is -3.65. The summed E-state index contributed by atoms with van der Waals surface area (Å²) in [5, 5.41) is 19.8. The first-order chi connectivity index (χ1) is 14.5. The number of nitrogens with one attached hydrogen (secondary N) is 1. The number of methoxy groups -OCH3 is 1. The van der Waals surface area contributed by atoms with Crippen LogP contribution in [0, 0.1) is 13.8 Å². The van der Waals surface area contributed by atoms with Crippen LogP contribution in [-0.4, -0.2) is 32.3 Å². The monoisotopic (exact) mass is 420 g/mol. The largest absolute Gasteiger partial charge is 0.497 e. The van der Waals surface area contributed by atoms with E-state index in [4.69, 9.17) is 9.84 Å². The predicted octanol–water partition coefficient (Wildman–Crippen LogP) is 5.06. The molecule has 0 saturated heterocycles. The molecule has 0 fully saturated rings. The van der Waals surface area contributed by atoms with Crippen molar-refractivity contribution in [1.29, 1.82) is 0 Å². The van der Waals surface area contributed by atoms with Gasteiger partial charge in [-0.2, -0.15) is 5.10 Å². The first kappa shape index (κ1) is 19.7. The van der Waals surface area contributed by atoms with E-state index in [0.29, 0.717) is 17.3 Å². The van der Waals surface area contributed by atoms with Gasteiger partial charge in [-0.15, -0.1) is 0 Å². The van der Waals surface area contributed by atoms with Crippen molar-refractivity contribution in [3.63, 3.8) is 0 Å². The van der Waals surface area contributed by atoms with Crippen molar-refractivity contribution in [2.24, 2.45) is 0 Å². The molecular weight excluding hydrogens is 400 g/mol. The highest BCUT2D eigenvalue weighted by atomic mass is 32.1. The van der Waals surface area contributed by atoms with Gasteiger partial charge in [0.05, 0.1) is 29.7 Å². The van der Waals surface area contributed by atoms with Crippen molar-refractivity contribution in [2.45, 2.75) is 13.8 Å². The summed E-state index contributed by atoms with van der Waals surface area (Å²) in [5.74, 6) is 0.104. The van der Waals surface area contributed by atoms with Crippen LogP contribution in [0.25, 0.3) is 16.8 Å². The third-order valence-corrected chi connectivity index (χ3v) is 5.42. The number of nitrogens with zero attached hydrogens (tertiary/aromatic N) is 3. The second kappa shape index (κ2) is 8.00. The van der Waals surface area contributed by atoms with Gasteiger partial charge in [0.1, 0.15) is 11.6 Å². The van der Waals surface area contributed by atoms with Gasteiger partial charge in [-0.25, -0.2) is 13.8 Å². The standard InChI is InChI=1S/C22H20N4O3S/c1-13-6-4-5-7-19(13)26-21(20(14(2)25-26)15-11-23-30-12-15)24-18-9-8-16(29-3)10-17(18)22(27)28/h4-12,24H,1-3H3,(H,27,28). The number of rotatable bonds is 6. The van der Waals surface area contributed by atoms with E-state index in [2.05, 4.69) is 9.69 Å². The fourth-order valence-corrected chi connectivity index (χ4v) is 3.88. The molecule has 0 bridgehead atoms. The second-order valence-electron chi connectivity index (χ2n) is 6.76. The molecule has 30 heavy (non-hydrogen) atoms. The SMILES string of the molecule is COc1ccc(Nc2c(-c3cnsc3)c(C)nn2-c2ccccc2C)c(C(=O)O)c1. The van der Waals surface area contributed by atoms with Crippen LogP contribution in [0.2, 0.25) is 0 Å². The van der Waals surface area contributed by atoms with Crippen molar-refractivity contribution in [2.75, 3.05) is 12.4 Å². The Morgan fingerprint density at radius 1 is 1.20 bits per heavy atom. The Morgan fingerprint density at radius 3 is 2.67 bits per heavy atom. The summed E-state index contributed by atoms with van der Waals surface area (Å²) in [6, 6.07) is 12.8. The quantitative estimate of drug-likeness (QED) is 0.453. The van der Waals surface area contributed by atoms with Crippen LogP contribution in [0.3, 0.4) is 0 Å². The van der Waals surface area contributed by atoms with E-state index >= 15 is 0 Å². The Bertz CT molecular complexity index is 1220. The third-order valence-electron chi connectivity index (χ3n) is 4.84. The van der Waals surface area contributed by atoms with E-state index < -0.39 is 5.97 Å². The number of carboxylic acids is 1. The summed E-state index contributed by atoms with van der Waals surface area (Å²) in [4.78, 5) is 11.9. The topological polar surface area (TPSA) is 89.3 Å². The molecule has 0 spiro atoms. The fraction of sp³-hybridized carbons (Fsp3) is 0.136. The molecule has 152 valence electrons. The molecule has 8 heteroatoms. The van der Waals surface area contributed by atoms with Gasteiger partial charge < -0.3 is 15.2 Å². The fourth-order valence-electron chi connectivity index (χ4n) is 3.36. The lowest BCUT2D eigenvalue weighted by Crippen LogP contribution is -2.08. The smallest absolute Gasteiger partial charge is 0.337 e. The van der Waals surface area contributed by atoms with Gasteiger partial charge in [-0.3, -0.25) is 0 Å². The lowest BCUT2D eigenvalue weighted by Gasteiger charge is -2.15. The van der Waals surface area contributed by atoms with E-state index in [9.17, 15) is 9.90 Å². The zero-order chi connectivity index (χ0) is 21.3. The molecule has 2 heterocycles. The van der Waals surface area contributed by atoms with Crippen LogP contribution in [0.4, 0.5) is 11.5 Å². The molecule has 7 nitrogen and oxygen atoms in total. The number of aromatic nitrogens is 3. The number of carboxylic acid groups (broad SMARTS) is 1. The maximum absolute atomic E-state index is 11.9. The summed E-state index contributed by atoms with van der Waals surface area (Å²) >= 11 is 1.35. The number of aryl methyl sites for hydroxylation is 2. The predicted molar refractivity (Wildman–Crippen MR) is 117 cm³/mol. The Labute approximate surface area is 177 Å². The molecule has 0 radical (unpaired) electrons. The minimum atomic E-state index is -1.05. The average Bonchev–Trinajstić information content (AvgIpc) is 3.36. The number of ether oxygens (including phenoxy) is 1. The highest BCUT2D eigenvalue weighted by molar-refractivity contribution is 7.03. The molecule has 0 amide bonds. The Balaban J connectivity index is 1.93. The summed E-state index contributed by atoms with van der Waals surface area (Å²) < 4.78 is 11.2. The van der Waals surface area contributed by atoms with Gasteiger partial charge >= 0.3 is 5.97 Å². The molecule has 2 aromatic heterocycles. The van der Waals surface area contributed by atoms with Crippen molar-refractivity contribution < 1.29 is 14.6 Å². The van der Waals surface area contributed by atoms with Crippen LogP contribution in [0.15, 0.2) is 54.0 Å². The normalized spacial score (nSPS) is 10.8. The molecule has 2 aromatic carbocycles. The second-order valence-corrected chi connectivity index (χ2v) is 7.42. The summed E-state index contributed by atoms with van der Waals surface area (Å²) in [5.41, 5.74) is 5.12. The summed E-state index contributed by atoms with van der Waals surface area (Å²) in [6.45, 7) is 3.94. The minimum absolute atomic E-state index is 0.110. The van der Waals surface area contributed by atoms with Crippen molar-refractivity contribution in [1.82, 2.24) is 14.2 Å². The molecular formula is C22H20N4O3S. The van der Waals surface area contributed by atoms with E-state index in [-0.39, 0.29) is 5.56 Å². The summed E-state index contributed by atoms with van der Waals surface area (Å²) in [6.07, 6.45) is 1.79. The number of para-hydroxylation sites is 1. The van der Waals surface area contributed by atoms with E-state index in [1.165, 1.54) is 24.7 Å². The van der Waals surface area contributed by atoms with Crippen molar-refractivity contribution in [3.05, 3.63) is 70.9 Å². The number of aromatic carboxylic acids is 1. The van der Waals surface area contributed by atoms with Crippen LogP contribution < -0.4 is 10.1 Å². The summed E-state index contributed by atoms with van der Waals surface area (Å²) in [7, 11) is 1.51. The van der Waals surface area contributed by atoms with Crippen LogP contribution in [0.1, 0.15) is 21.6 Å². The Kier molecular flexibility index (Phi) is 5.24. The van der Waals surface area contributed by atoms with E-state index in [1.807, 2.05) is 48.2 Å². The number of carbonyl (C=O) groups is 1. The van der Waals surface area contributed by atoms with Crippen molar-refractivity contribution >= 4 is 29.0 Å². The van der Waals surface area contributed by atoms with Gasteiger partial charge in [0.2, 0.25) is 0 Å². The van der Waals surface area contributed by atoms with Gasteiger partial charge in [-0.1, -0.05) is 18.2 Å². The maximum Gasteiger partial charge on any atom is 0.337 e. The minimum Gasteiger partial charge on any atom is -0.497 e. The zero-order valence-corrected chi connectivity index (χ0v) is 17.5. The molecule has 4 aromatic rings. The molecule has 0 saturated carbocycles. The van der Waals surface area contributed by atoms with E-state index in [0.717, 1.165) is 28.1 Å². The molecule has 4 rings (SSSR count). The molecule has 0 atom stereocenters. The number of benzene rings is 2. The van der Waals surface area contributed by atoms with Gasteiger partial charge in [0, 0.05) is 22.7 Å². The average molecular weight is 420 g/mol. The van der Waals surface area contributed by atoms with Crippen LogP contribution in [-0.2, 0) is 0 Å². The molecule has 2 N–H and O–H groups in total. The number of anilines is 2. The lowest BCUT2D eigenvalue weighted by atomic mass is 10.1. The molecule has 0 aliphatic heterocycles. The van der Waals surface area contributed by atoms with Crippen molar-refractivity contribution in [3.8, 4) is 22.6 Å². The molecule has 0 aliphatic rings. The van der Waals surface area contributed by atoms with Gasteiger partial charge in [0.15, 0.2) is 0 Å². The van der Waals surface area contributed by atoms with E-state index in [1.54, 1.807) is 18.3 Å². The molecule has 0 aliphatic carbocycles. The number of hydrogen-bond acceptors (Lipinski definition) is 6. The third kappa shape index (κ3) is 3.53. The highest BCUT2D eigenvalue weighted by Gasteiger charge is 2.22. The highest BCUT2D eigenvalue weighted by Crippen LogP contribution is 2.37. The first-order valence-corrected chi connectivity index (χ1v) is 10.1. The van der Waals surface area contributed by atoms with Crippen LogP contribution in [0.5, 0.6) is 5.75 Å². The molecule has 0 unspecified atom stereocenters. The zero-order valence-electron chi connectivity index (χ0n) is 16.7. The first-order valence-electron chi connectivity index (χ1n) is 9.23. The van der Waals surface area contributed by atoms with Crippen LogP contribution >= 0.6 is 11.5 Å². The van der Waals surface area contributed by atoms with Gasteiger partial charge in [0.25, 0.3) is 0 Å². The lowest BCUT2D eigenvalue weighted by molar-refractivity contribution is 0.0697. The van der Waals surface area contributed by atoms with Gasteiger partial charge in [-0.05, 0) is 55.2 Å². The Morgan fingerprint density at radius 2 is 2.00 bits per heavy atom.